The first-order valence-corrected chi connectivity index (χ1v) is 10.9. The molecule has 1 aromatic heterocycles. The first kappa shape index (κ1) is 22.0. The Bertz CT molecular complexity index is 1180. The van der Waals surface area contributed by atoms with Crippen LogP contribution < -0.4 is 14.8 Å². The topological polar surface area (TPSA) is 97.4 Å². The third kappa shape index (κ3) is 5.26. The summed E-state index contributed by atoms with van der Waals surface area (Å²) in [6, 6.07) is 8.49. The highest BCUT2D eigenvalue weighted by molar-refractivity contribution is 7.89. The number of anilines is 1. The molecule has 12 heteroatoms. The predicted octanol–water partition coefficient (Wildman–Crippen LogP) is 3.63. The lowest BCUT2D eigenvalue weighted by molar-refractivity contribution is -0.137. The van der Waals surface area contributed by atoms with Gasteiger partial charge in [-0.3, -0.25) is 4.79 Å². The SMILES string of the molecule is CCOc1ccc2nc(NC(=O)CNS(=O)(=O)c3cccc(C(F)(F)F)c3)sc2c1. The van der Waals surface area contributed by atoms with Crippen molar-refractivity contribution in [2.45, 2.75) is 18.0 Å². The van der Waals surface area contributed by atoms with Crippen LogP contribution in [0, 0.1) is 0 Å². The van der Waals surface area contributed by atoms with E-state index in [2.05, 4.69) is 10.3 Å². The lowest BCUT2D eigenvalue weighted by Crippen LogP contribution is -2.33. The number of carbonyl (C=O) groups is 1. The molecule has 0 unspecified atom stereocenters. The van der Waals surface area contributed by atoms with Crippen molar-refractivity contribution in [3.8, 4) is 5.75 Å². The molecule has 30 heavy (non-hydrogen) atoms. The summed E-state index contributed by atoms with van der Waals surface area (Å²) in [5, 5.41) is 2.71. The highest BCUT2D eigenvalue weighted by atomic mass is 32.2. The predicted molar refractivity (Wildman–Crippen MR) is 106 cm³/mol. The molecule has 3 rings (SSSR count). The Morgan fingerprint density at radius 3 is 2.67 bits per heavy atom. The number of ether oxygens (including phenoxy) is 1. The summed E-state index contributed by atoms with van der Waals surface area (Å²) in [6.45, 7) is 1.68. The molecule has 0 saturated carbocycles. The van der Waals surface area contributed by atoms with Crippen LogP contribution >= 0.6 is 11.3 Å². The number of fused-ring (bicyclic) bond motifs is 1. The highest BCUT2D eigenvalue weighted by Crippen LogP contribution is 2.31. The molecule has 3 aromatic rings. The Labute approximate surface area is 173 Å². The van der Waals surface area contributed by atoms with Crippen molar-refractivity contribution in [2.24, 2.45) is 0 Å². The van der Waals surface area contributed by atoms with Crippen molar-refractivity contribution in [1.29, 1.82) is 0 Å². The maximum absolute atomic E-state index is 12.8. The fraction of sp³-hybridized carbons (Fsp3) is 0.222. The normalized spacial score (nSPS) is 12.1. The second kappa shape index (κ2) is 8.58. The van der Waals surface area contributed by atoms with Gasteiger partial charge in [-0.15, -0.1) is 0 Å². The molecule has 1 amide bonds. The van der Waals surface area contributed by atoms with E-state index in [4.69, 9.17) is 4.74 Å². The van der Waals surface area contributed by atoms with Gasteiger partial charge in [0.25, 0.3) is 0 Å². The zero-order chi connectivity index (χ0) is 21.9. The molecule has 0 saturated heterocycles. The van der Waals surface area contributed by atoms with Crippen LogP contribution in [0.5, 0.6) is 5.75 Å². The maximum Gasteiger partial charge on any atom is 0.416 e. The van der Waals surface area contributed by atoms with Gasteiger partial charge in [0.1, 0.15) is 5.75 Å². The van der Waals surface area contributed by atoms with Gasteiger partial charge in [0.2, 0.25) is 15.9 Å². The van der Waals surface area contributed by atoms with E-state index in [0.29, 0.717) is 23.9 Å². The van der Waals surface area contributed by atoms with Gasteiger partial charge in [-0.1, -0.05) is 17.4 Å². The molecule has 0 aliphatic rings. The number of carbonyl (C=O) groups excluding carboxylic acids is 1. The number of sulfonamides is 1. The van der Waals surface area contributed by atoms with E-state index in [1.54, 1.807) is 18.2 Å². The number of amides is 1. The Hall–Kier alpha value is -2.70. The minimum atomic E-state index is -4.68. The smallest absolute Gasteiger partial charge is 0.416 e. The summed E-state index contributed by atoms with van der Waals surface area (Å²) in [5.41, 5.74) is -0.473. The fourth-order valence-corrected chi connectivity index (χ4v) is 4.40. The number of thiazole rings is 1. The minimum Gasteiger partial charge on any atom is -0.494 e. The molecule has 0 aliphatic carbocycles. The Kier molecular flexibility index (Phi) is 6.29. The Morgan fingerprint density at radius 2 is 1.97 bits per heavy atom. The summed E-state index contributed by atoms with van der Waals surface area (Å²) in [4.78, 5) is 15.7. The van der Waals surface area contributed by atoms with Gasteiger partial charge in [0.15, 0.2) is 5.13 Å². The van der Waals surface area contributed by atoms with E-state index in [0.717, 1.165) is 22.9 Å². The van der Waals surface area contributed by atoms with Crippen molar-refractivity contribution >= 4 is 42.6 Å². The van der Waals surface area contributed by atoms with Gasteiger partial charge in [-0.2, -0.15) is 13.2 Å². The second-order valence-corrected chi connectivity index (χ2v) is 8.78. The van der Waals surface area contributed by atoms with Gasteiger partial charge in [-0.05, 0) is 43.3 Å². The fourth-order valence-electron chi connectivity index (χ4n) is 2.46. The van der Waals surface area contributed by atoms with Crippen molar-refractivity contribution < 1.29 is 31.1 Å². The molecule has 1 heterocycles. The third-order valence-corrected chi connectivity index (χ3v) is 6.14. The molecule has 0 spiro atoms. The van der Waals surface area contributed by atoms with E-state index >= 15 is 0 Å². The average molecular weight is 459 g/mol. The lowest BCUT2D eigenvalue weighted by Gasteiger charge is -2.10. The number of halogens is 3. The number of rotatable bonds is 7. The van der Waals surface area contributed by atoms with Gasteiger partial charge in [-0.25, -0.2) is 18.1 Å². The Morgan fingerprint density at radius 1 is 1.20 bits per heavy atom. The van der Waals surface area contributed by atoms with Crippen LogP contribution in [0.3, 0.4) is 0 Å². The summed E-state index contributed by atoms with van der Waals surface area (Å²) >= 11 is 1.17. The molecule has 0 bridgehead atoms. The van der Waals surface area contributed by atoms with Gasteiger partial charge >= 0.3 is 6.18 Å². The lowest BCUT2D eigenvalue weighted by atomic mass is 10.2. The number of hydrogen-bond acceptors (Lipinski definition) is 6. The molecular weight excluding hydrogens is 443 g/mol. The number of alkyl halides is 3. The molecule has 2 aromatic carbocycles. The van der Waals surface area contributed by atoms with Crippen LogP contribution in [0.2, 0.25) is 0 Å². The van der Waals surface area contributed by atoms with Crippen molar-refractivity contribution in [3.05, 3.63) is 48.0 Å². The quantitative estimate of drug-likeness (QED) is 0.562. The van der Waals surface area contributed by atoms with E-state index in [9.17, 15) is 26.4 Å². The van der Waals surface area contributed by atoms with E-state index < -0.39 is 39.1 Å². The third-order valence-electron chi connectivity index (χ3n) is 3.81. The van der Waals surface area contributed by atoms with Crippen LogP contribution in [0.25, 0.3) is 10.2 Å². The molecular formula is C18H16F3N3O4S2. The molecule has 160 valence electrons. The zero-order valence-corrected chi connectivity index (χ0v) is 17.1. The molecule has 0 atom stereocenters. The van der Waals surface area contributed by atoms with Gasteiger partial charge < -0.3 is 10.1 Å². The molecule has 0 aliphatic heterocycles. The van der Waals surface area contributed by atoms with Crippen LogP contribution in [0.4, 0.5) is 18.3 Å². The van der Waals surface area contributed by atoms with Crippen LogP contribution in [-0.4, -0.2) is 32.5 Å². The highest BCUT2D eigenvalue weighted by Gasteiger charge is 2.31. The number of benzene rings is 2. The number of aromatic nitrogens is 1. The summed E-state index contributed by atoms with van der Waals surface area (Å²) in [5.74, 6) is -0.0602. The Balaban J connectivity index is 1.66. The van der Waals surface area contributed by atoms with Crippen LogP contribution in [-0.2, 0) is 21.0 Å². The number of nitrogens with one attached hydrogen (secondary N) is 2. The largest absolute Gasteiger partial charge is 0.494 e. The van der Waals surface area contributed by atoms with Crippen LogP contribution in [0.1, 0.15) is 12.5 Å². The standard InChI is InChI=1S/C18H16F3N3O4S2/c1-2-28-12-6-7-14-15(9-12)29-17(23-14)24-16(25)10-22-30(26,27)13-5-3-4-11(8-13)18(19,20)21/h3-9,22H,2,10H2,1H3,(H,23,24,25). The van der Waals surface area contributed by atoms with Crippen molar-refractivity contribution in [1.82, 2.24) is 9.71 Å². The monoisotopic (exact) mass is 459 g/mol. The van der Waals surface area contributed by atoms with E-state index in [-0.39, 0.29) is 5.13 Å². The summed E-state index contributed by atoms with van der Waals surface area (Å²) in [7, 11) is -4.31. The molecule has 7 nitrogen and oxygen atoms in total. The van der Waals surface area contributed by atoms with Crippen molar-refractivity contribution in [3.63, 3.8) is 0 Å². The van der Waals surface area contributed by atoms with E-state index in [1.165, 1.54) is 11.3 Å². The molecule has 0 radical (unpaired) electrons. The average Bonchev–Trinajstić information content (AvgIpc) is 3.07. The first-order valence-electron chi connectivity index (χ1n) is 8.58. The van der Waals surface area contributed by atoms with Gasteiger partial charge in [0, 0.05) is 0 Å². The van der Waals surface area contributed by atoms with Crippen molar-refractivity contribution in [2.75, 3.05) is 18.5 Å². The summed E-state index contributed by atoms with van der Waals surface area (Å²) in [6.07, 6.45) is -4.68. The second-order valence-electron chi connectivity index (χ2n) is 5.98. The molecule has 2 N–H and O–H groups in total. The maximum atomic E-state index is 12.8. The number of nitrogens with zero attached hydrogens (tertiary/aromatic N) is 1. The van der Waals surface area contributed by atoms with E-state index in [1.807, 2.05) is 11.6 Å². The van der Waals surface area contributed by atoms with Gasteiger partial charge in [0.05, 0.1) is 33.8 Å². The minimum absolute atomic E-state index is 0.252. The molecule has 0 fully saturated rings. The number of hydrogen-bond donors (Lipinski definition) is 2. The first-order chi connectivity index (χ1) is 14.1. The summed E-state index contributed by atoms with van der Waals surface area (Å²) < 4.78 is 70.9. The zero-order valence-electron chi connectivity index (χ0n) is 15.5. The van der Waals surface area contributed by atoms with Crippen LogP contribution in [0.15, 0.2) is 47.4 Å².